The molecule has 2 N–H and O–H groups in total. The molecule has 0 amide bonds. The van der Waals surface area contributed by atoms with Crippen molar-refractivity contribution in [1.82, 2.24) is 19.8 Å². The Kier molecular flexibility index (Phi) is 7.51. The second-order valence-corrected chi connectivity index (χ2v) is 11.1. The Morgan fingerprint density at radius 1 is 1.03 bits per heavy atom. The number of guanidine groups is 1. The van der Waals surface area contributed by atoms with Crippen molar-refractivity contribution in [2.24, 2.45) is 10.9 Å². The maximum atomic E-state index is 12.8. The Hall–Kier alpha value is -1.64. The molecule has 1 atom stereocenters. The van der Waals surface area contributed by atoms with Crippen molar-refractivity contribution in [3.63, 3.8) is 0 Å². The summed E-state index contributed by atoms with van der Waals surface area (Å²) in [5.41, 5.74) is 0. The first-order chi connectivity index (χ1) is 15.1. The van der Waals surface area contributed by atoms with E-state index >= 15 is 0 Å². The number of sulfonamides is 1. The van der Waals surface area contributed by atoms with Crippen LogP contribution < -0.4 is 10.6 Å². The molecule has 3 fully saturated rings. The van der Waals surface area contributed by atoms with Crippen molar-refractivity contribution in [1.29, 1.82) is 0 Å². The average molecular weight is 448 g/mol. The van der Waals surface area contributed by atoms with Gasteiger partial charge in [-0.2, -0.15) is 4.31 Å². The number of rotatable bonds is 6. The monoisotopic (exact) mass is 447 g/mol. The molecule has 0 radical (unpaired) electrons. The fourth-order valence-electron chi connectivity index (χ4n) is 5.23. The van der Waals surface area contributed by atoms with E-state index < -0.39 is 10.0 Å². The van der Waals surface area contributed by atoms with Crippen LogP contribution in [0.25, 0.3) is 0 Å². The van der Waals surface area contributed by atoms with Crippen LogP contribution in [0.1, 0.15) is 44.9 Å². The highest BCUT2D eigenvalue weighted by Crippen LogP contribution is 2.26. The van der Waals surface area contributed by atoms with Crippen molar-refractivity contribution < 1.29 is 8.42 Å². The van der Waals surface area contributed by atoms with Crippen LogP contribution in [0, 0.1) is 5.92 Å². The Balaban J connectivity index is 1.20. The van der Waals surface area contributed by atoms with E-state index in [1.165, 1.54) is 38.6 Å². The second kappa shape index (κ2) is 10.3. The van der Waals surface area contributed by atoms with Crippen LogP contribution in [0.3, 0.4) is 0 Å². The predicted molar refractivity (Wildman–Crippen MR) is 125 cm³/mol. The maximum absolute atomic E-state index is 12.8. The summed E-state index contributed by atoms with van der Waals surface area (Å²) in [4.78, 5) is 7.46. The van der Waals surface area contributed by atoms with E-state index in [0.717, 1.165) is 37.9 Å². The third-order valence-electron chi connectivity index (χ3n) is 7.14. The molecule has 1 saturated carbocycles. The van der Waals surface area contributed by atoms with E-state index in [4.69, 9.17) is 0 Å². The van der Waals surface area contributed by atoms with Gasteiger partial charge in [0.1, 0.15) is 0 Å². The Bertz CT molecular complexity index is 831. The zero-order chi connectivity index (χ0) is 21.7. The molecule has 1 aromatic carbocycles. The minimum absolute atomic E-state index is 0.388. The van der Waals surface area contributed by atoms with E-state index in [2.05, 4.69) is 20.5 Å². The number of nitrogens with zero attached hydrogens (tertiary/aromatic N) is 3. The van der Waals surface area contributed by atoms with Crippen molar-refractivity contribution >= 4 is 16.0 Å². The molecule has 172 valence electrons. The summed E-state index contributed by atoms with van der Waals surface area (Å²) in [7, 11) is -1.55. The molecule has 3 aliphatic rings. The highest BCUT2D eigenvalue weighted by Gasteiger charge is 2.31. The molecule has 2 saturated heterocycles. The molecule has 8 heteroatoms. The van der Waals surface area contributed by atoms with Gasteiger partial charge in [0.2, 0.25) is 10.0 Å². The Morgan fingerprint density at radius 2 is 1.74 bits per heavy atom. The van der Waals surface area contributed by atoms with Crippen LogP contribution in [-0.2, 0) is 10.0 Å². The Labute approximate surface area is 187 Å². The highest BCUT2D eigenvalue weighted by atomic mass is 32.2. The summed E-state index contributed by atoms with van der Waals surface area (Å²) in [6, 6.07) is 10.0. The van der Waals surface area contributed by atoms with Gasteiger partial charge in [0.15, 0.2) is 5.96 Å². The van der Waals surface area contributed by atoms with Gasteiger partial charge in [0.25, 0.3) is 0 Å². The maximum Gasteiger partial charge on any atom is 0.243 e. The fourth-order valence-corrected chi connectivity index (χ4v) is 6.72. The minimum Gasteiger partial charge on any atom is -0.356 e. The van der Waals surface area contributed by atoms with Crippen molar-refractivity contribution in [3.05, 3.63) is 30.3 Å². The third kappa shape index (κ3) is 5.59. The van der Waals surface area contributed by atoms with Crippen molar-refractivity contribution in [2.45, 2.75) is 61.9 Å². The van der Waals surface area contributed by atoms with Crippen LogP contribution in [0.5, 0.6) is 0 Å². The first-order valence-corrected chi connectivity index (χ1v) is 13.3. The van der Waals surface area contributed by atoms with Crippen LogP contribution in [0.4, 0.5) is 0 Å². The molecule has 0 bridgehead atoms. The second-order valence-electron chi connectivity index (χ2n) is 9.18. The average Bonchev–Trinajstić information content (AvgIpc) is 3.49. The molecular formula is C23H37N5O2S. The van der Waals surface area contributed by atoms with Crippen molar-refractivity contribution in [2.75, 3.05) is 39.8 Å². The van der Waals surface area contributed by atoms with Crippen LogP contribution in [0.2, 0.25) is 0 Å². The lowest BCUT2D eigenvalue weighted by atomic mass is 9.98. The molecule has 2 heterocycles. The summed E-state index contributed by atoms with van der Waals surface area (Å²) < 4.78 is 27.2. The number of likely N-dealkylation sites (tertiary alicyclic amines) is 1. The summed E-state index contributed by atoms with van der Waals surface area (Å²) >= 11 is 0. The zero-order valence-corrected chi connectivity index (χ0v) is 19.5. The van der Waals surface area contributed by atoms with E-state index in [1.54, 1.807) is 28.6 Å². The van der Waals surface area contributed by atoms with Gasteiger partial charge in [-0.05, 0) is 50.2 Å². The lowest BCUT2D eigenvalue weighted by molar-refractivity contribution is 0.242. The van der Waals surface area contributed by atoms with Gasteiger partial charge in [0.05, 0.1) is 4.90 Å². The molecule has 2 aliphatic heterocycles. The van der Waals surface area contributed by atoms with Crippen LogP contribution in [-0.4, -0.2) is 75.4 Å². The smallest absolute Gasteiger partial charge is 0.243 e. The highest BCUT2D eigenvalue weighted by molar-refractivity contribution is 7.89. The van der Waals surface area contributed by atoms with Gasteiger partial charge >= 0.3 is 0 Å². The summed E-state index contributed by atoms with van der Waals surface area (Å²) in [6.07, 6.45) is 8.40. The molecule has 4 rings (SSSR count). The van der Waals surface area contributed by atoms with Gasteiger partial charge in [-0.3, -0.25) is 9.89 Å². The summed E-state index contributed by atoms with van der Waals surface area (Å²) in [5.74, 6) is 1.33. The molecule has 1 unspecified atom stereocenters. The van der Waals surface area contributed by atoms with Crippen molar-refractivity contribution in [3.8, 4) is 0 Å². The first kappa shape index (κ1) is 22.6. The zero-order valence-electron chi connectivity index (χ0n) is 18.7. The number of aliphatic imine (C=N–C) groups is 1. The topological polar surface area (TPSA) is 77.0 Å². The van der Waals surface area contributed by atoms with Gasteiger partial charge in [-0.25, -0.2) is 8.42 Å². The van der Waals surface area contributed by atoms with Gasteiger partial charge < -0.3 is 10.6 Å². The summed E-state index contributed by atoms with van der Waals surface area (Å²) in [5, 5.41) is 7.09. The Morgan fingerprint density at radius 3 is 2.42 bits per heavy atom. The standard InChI is InChI=1S/C23H37N5O2S/c1-24-23(26-20-13-14-27(18-20)21-7-5-6-8-21)25-17-19-11-15-28(16-12-19)31(29,30)22-9-3-2-4-10-22/h2-4,9-10,19-21H,5-8,11-18H2,1H3,(H2,24,25,26). The number of nitrogens with one attached hydrogen (secondary N) is 2. The third-order valence-corrected chi connectivity index (χ3v) is 9.05. The molecule has 0 aromatic heterocycles. The normalized spacial score (nSPS) is 25.2. The number of hydrogen-bond donors (Lipinski definition) is 2. The van der Waals surface area contributed by atoms with E-state index in [1.807, 2.05) is 13.1 Å². The van der Waals surface area contributed by atoms with E-state index in [-0.39, 0.29) is 0 Å². The van der Waals surface area contributed by atoms with Gasteiger partial charge in [-0.1, -0.05) is 31.0 Å². The lowest BCUT2D eigenvalue weighted by Gasteiger charge is -2.31. The summed E-state index contributed by atoms with van der Waals surface area (Å²) in [6.45, 7) is 4.29. The van der Waals surface area contributed by atoms with E-state index in [9.17, 15) is 8.42 Å². The SMILES string of the molecule is CN=C(NCC1CCN(S(=O)(=O)c2ccccc2)CC1)NC1CCN(C2CCCC2)C1. The fraction of sp³-hybridized carbons (Fsp3) is 0.696. The predicted octanol–water partition coefficient (Wildman–Crippen LogP) is 2.27. The van der Waals surface area contributed by atoms with Gasteiger partial charge in [0, 0.05) is 51.9 Å². The molecule has 1 aliphatic carbocycles. The lowest BCUT2D eigenvalue weighted by Crippen LogP contribution is -2.47. The van der Waals surface area contributed by atoms with Crippen LogP contribution >= 0.6 is 0 Å². The largest absolute Gasteiger partial charge is 0.356 e. The minimum atomic E-state index is -3.38. The quantitative estimate of drug-likeness (QED) is 0.517. The molecular weight excluding hydrogens is 410 g/mol. The number of piperidine rings is 1. The number of hydrogen-bond acceptors (Lipinski definition) is 4. The molecule has 0 spiro atoms. The molecule has 1 aromatic rings. The van der Waals surface area contributed by atoms with Crippen LogP contribution in [0.15, 0.2) is 40.2 Å². The first-order valence-electron chi connectivity index (χ1n) is 11.8. The molecule has 7 nitrogen and oxygen atoms in total. The number of benzene rings is 1. The van der Waals surface area contributed by atoms with Gasteiger partial charge in [-0.15, -0.1) is 0 Å². The molecule has 31 heavy (non-hydrogen) atoms. The van der Waals surface area contributed by atoms with E-state index in [0.29, 0.717) is 29.9 Å².